The van der Waals surface area contributed by atoms with Gasteiger partial charge < -0.3 is 15.2 Å². The highest BCUT2D eigenvalue weighted by Crippen LogP contribution is 2.33. The maximum Gasteiger partial charge on any atom is 0.261 e. The second-order valence-corrected chi connectivity index (χ2v) is 8.21. The molecule has 0 spiro atoms. The van der Waals surface area contributed by atoms with Gasteiger partial charge in [-0.25, -0.2) is 0 Å². The molecule has 0 atom stereocenters. The maximum atomic E-state index is 12.6. The van der Waals surface area contributed by atoms with Crippen LogP contribution < -0.4 is 5.32 Å². The quantitative estimate of drug-likeness (QED) is 0.879. The average Bonchev–Trinajstić information content (AvgIpc) is 3.19. The lowest BCUT2D eigenvalue weighted by Crippen LogP contribution is -2.38. The number of nitrogens with zero attached hydrogens (tertiary/aromatic N) is 2. The number of fused-ring (bicyclic) bond motifs is 1. The fraction of sp³-hybridized carbons (Fsp3) is 0.667. The highest BCUT2D eigenvalue weighted by molar-refractivity contribution is 7.20. The topological polar surface area (TPSA) is 76.4 Å². The zero-order chi connectivity index (χ0) is 17.4. The van der Waals surface area contributed by atoms with Crippen molar-refractivity contribution in [2.75, 3.05) is 13.2 Å². The fourth-order valence-corrected chi connectivity index (χ4v) is 4.97. The van der Waals surface area contributed by atoms with Gasteiger partial charge in [0.2, 0.25) is 0 Å². The van der Waals surface area contributed by atoms with Crippen LogP contribution in [-0.2, 0) is 4.74 Å². The molecule has 3 heterocycles. The molecule has 0 radical (unpaired) electrons. The highest BCUT2D eigenvalue weighted by Gasteiger charge is 2.25. The zero-order valence-electron chi connectivity index (χ0n) is 14.5. The van der Waals surface area contributed by atoms with E-state index in [-0.39, 0.29) is 18.1 Å². The molecule has 136 valence electrons. The molecule has 1 amide bonds. The number of hydrogen-bond donors (Lipinski definition) is 2. The van der Waals surface area contributed by atoms with Crippen molar-refractivity contribution in [2.24, 2.45) is 0 Å². The van der Waals surface area contributed by atoms with Gasteiger partial charge in [0.05, 0.1) is 22.7 Å². The third-order valence-electron chi connectivity index (χ3n) is 5.36. The first-order valence-corrected chi connectivity index (χ1v) is 9.99. The van der Waals surface area contributed by atoms with Crippen LogP contribution in [0.4, 0.5) is 0 Å². The van der Waals surface area contributed by atoms with Crippen molar-refractivity contribution in [1.82, 2.24) is 15.1 Å². The highest BCUT2D eigenvalue weighted by atomic mass is 32.1. The Morgan fingerprint density at radius 1 is 1.28 bits per heavy atom. The third kappa shape index (κ3) is 3.45. The van der Waals surface area contributed by atoms with Crippen molar-refractivity contribution in [1.29, 1.82) is 0 Å². The Morgan fingerprint density at radius 2 is 2.00 bits per heavy atom. The van der Waals surface area contributed by atoms with E-state index in [0.717, 1.165) is 72.5 Å². The van der Waals surface area contributed by atoms with Gasteiger partial charge in [0.1, 0.15) is 4.83 Å². The van der Waals surface area contributed by atoms with Crippen LogP contribution in [0.2, 0.25) is 0 Å². The monoisotopic (exact) mass is 363 g/mol. The van der Waals surface area contributed by atoms with Gasteiger partial charge in [0, 0.05) is 24.6 Å². The second-order valence-electron chi connectivity index (χ2n) is 7.18. The van der Waals surface area contributed by atoms with Gasteiger partial charge in [0.15, 0.2) is 0 Å². The number of aliphatic hydroxyl groups is 1. The van der Waals surface area contributed by atoms with Gasteiger partial charge in [-0.05, 0) is 51.5 Å². The van der Waals surface area contributed by atoms with E-state index >= 15 is 0 Å². The number of amides is 1. The van der Waals surface area contributed by atoms with Gasteiger partial charge in [-0.15, -0.1) is 11.3 Å². The smallest absolute Gasteiger partial charge is 0.261 e. The molecule has 4 rings (SSSR count). The number of aryl methyl sites for hydroxylation is 1. The Balaban J connectivity index is 1.53. The van der Waals surface area contributed by atoms with E-state index in [4.69, 9.17) is 9.84 Å². The number of carbonyl (C=O) groups is 1. The van der Waals surface area contributed by atoms with Gasteiger partial charge in [-0.3, -0.25) is 9.48 Å². The molecule has 2 aromatic heterocycles. The molecule has 1 aliphatic heterocycles. The molecule has 0 unspecified atom stereocenters. The van der Waals surface area contributed by atoms with Crippen molar-refractivity contribution in [3.05, 3.63) is 16.6 Å². The van der Waals surface area contributed by atoms with E-state index in [2.05, 4.69) is 10.00 Å². The van der Waals surface area contributed by atoms with E-state index < -0.39 is 0 Å². The maximum absolute atomic E-state index is 12.6. The van der Waals surface area contributed by atoms with Crippen LogP contribution in [0.1, 0.15) is 59.9 Å². The van der Waals surface area contributed by atoms with Gasteiger partial charge >= 0.3 is 0 Å². The Hall–Kier alpha value is -1.44. The number of thiophene rings is 1. The zero-order valence-corrected chi connectivity index (χ0v) is 15.3. The van der Waals surface area contributed by atoms with Crippen molar-refractivity contribution >= 4 is 27.5 Å². The van der Waals surface area contributed by atoms with Crippen LogP contribution in [0.5, 0.6) is 0 Å². The minimum atomic E-state index is -0.203. The third-order valence-corrected chi connectivity index (χ3v) is 6.48. The predicted molar refractivity (Wildman–Crippen MR) is 97.2 cm³/mol. The molecule has 0 bridgehead atoms. The number of rotatable bonds is 3. The summed E-state index contributed by atoms with van der Waals surface area (Å²) >= 11 is 1.53. The van der Waals surface area contributed by atoms with E-state index in [1.807, 2.05) is 13.0 Å². The summed E-state index contributed by atoms with van der Waals surface area (Å²) in [4.78, 5) is 14.5. The molecular weight excluding hydrogens is 338 g/mol. The second kappa shape index (κ2) is 7.05. The number of nitrogens with one attached hydrogen (secondary N) is 1. The van der Waals surface area contributed by atoms with E-state index in [0.29, 0.717) is 6.04 Å². The first-order valence-electron chi connectivity index (χ1n) is 9.17. The Morgan fingerprint density at radius 3 is 2.72 bits per heavy atom. The summed E-state index contributed by atoms with van der Waals surface area (Å²) in [6.07, 6.45) is 5.00. The van der Waals surface area contributed by atoms with E-state index in [9.17, 15) is 9.90 Å². The lowest BCUT2D eigenvalue weighted by molar-refractivity contribution is 0.0675. The van der Waals surface area contributed by atoms with Crippen LogP contribution in [0.3, 0.4) is 0 Å². The molecule has 2 fully saturated rings. The standard InChI is InChI=1S/C18H25N3O3S/c1-11-15-10-16(17(23)19-12-2-4-14(22)5-3-12)25-18(15)21(20-11)13-6-8-24-9-7-13/h10,12-14,22H,2-9H2,1H3,(H,19,23). The molecule has 25 heavy (non-hydrogen) atoms. The van der Waals surface area contributed by atoms with Crippen LogP contribution in [-0.4, -0.2) is 46.2 Å². The summed E-state index contributed by atoms with van der Waals surface area (Å²) in [5, 5.41) is 18.5. The Labute approximate surface area is 151 Å². The van der Waals surface area contributed by atoms with Gasteiger partial charge in [-0.1, -0.05) is 0 Å². The van der Waals surface area contributed by atoms with Crippen molar-refractivity contribution in [3.63, 3.8) is 0 Å². The molecule has 0 aromatic carbocycles. The molecule has 6 nitrogen and oxygen atoms in total. The molecule has 2 aliphatic rings. The SMILES string of the molecule is Cc1nn(C2CCOCC2)c2sc(C(=O)NC3CCC(O)CC3)cc12. The minimum absolute atomic E-state index is 0.000479. The first-order chi connectivity index (χ1) is 12.1. The van der Waals surface area contributed by atoms with Crippen LogP contribution >= 0.6 is 11.3 Å². The molecular formula is C18H25N3O3S. The van der Waals surface area contributed by atoms with Crippen LogP contribution in [0, 0.1) is 6.92 Å². The predicted octanol–water partition coefficient (Wildman–Crippen LogP) is 2.79. The molecule has 2 aromatic rings. The van der Waals surface area contributed by atoms with Crippen molar-refractivity contribution in [3.8, 4) is 0 Å². The molecule has 1 saturated heterocycles. The summed E-state index contributed by atoms with van der Waals surface area (Å²) in [6, 6.07) is 2.51. The van der Waals surface area contributed by atoms with Crippen molar-refractivity contribution < 1.29 is 14.6 Å². The van der Waals surface area contributed by atoms with Gasteiger partial charge in [-0.2, -0.15) is 5.10 Å². The summed E-state index contributed by atoms with van der Waals surface area (Å²) < 4.78 is 7.56. The Kier molecular flexibility index (Phi) is 4.80. The van der Waals surface area contributed by atoms with E-state index in [1.165, 1.54) is 11.3 Å². The van der Waals surface area contributed by atoms with Crippen LogP contribution in [0.25, 0.3) is 10.2 Å². The van der Waals surface area contributed by atoms with Crippen LogP contribution in [0.15, 0.2) is 6.07 Å². The number of aliphatic hydroxyl groups excluding tert-OH is 1. The summed E-state index contributed by atoms with van der Waals surface area (Å²) in [5.74, 6) is 0.000479. The van der Waals surface area contributed by atoms with E-state index in [1.54, 1.807) is 0 Å². The lowest BCUT2D eigenvalue weighted by atomic mass is 9.93. The first kappa shape index (κ1) is 17.0. The van der Waals surface area contributed by atoms with Crippen molar-refractivity contribution in [2.45, 2.75) is 63.6 Å². The molecule has 2 N–H and O–H groups in total. The number of hydrogen-bond acceptors (Lipinski definition) is 5. The number of ether oxygens (including phenoxy) is 1. The molecule has 1 aliphatic carbocycles. The average molecular weight is 363 g/mol. The molecule has 7 heteroatoms. The minimum Gasteiger partial charge on any atom is -0.393 e. The fourth-order valence-electron chi connectivity index (χ4n) is 3.84. The number of carbonyl (C=O) groups excluding carboxylic acids is 1. The Bertz CT molecular complexity index is 755. The van der Waals surface area contributed by atoms with Gasteiger partial charge in [0.25, 0.3) is 5.91 Å². The normalized spacial score (nSPS) is 25.4. The lowest BCUT2D eigenvalue weighted by Gasteiger charge is -2.25. The summed E-state index contributed by atoms with van der Waals surface area (Å²) in [7, 11) is 0. The molecule has 1 saturated carbocycles. The number of aromatic nitrogens is 2. The largest absolute Gasteiger partial charge is 0.393 e. The summed E-state index contributed by atoms with van der Waals surface area (Å²) in [6.45, 7) is 3.56. The summed E-state index contributed by atoms with van der Waals surface area (Å²) in [5.41, 5.74) is 0.984.